The lowest BCUT2D eigenvalue weighted by Crippen LogP contribution is -2.07. The van der Waals surface area contributed by atoms with Gasteiger partial charge >= 0.3 is 0 Å². The molecule has 10 rings (SSSR count). The molecule has 1 heterocycles. The van der Waals surface area contributed by atoms with Gasteiger partial charge < -0.3 is 4.57 Å². The number of rotatable bonds is 6. The Bertz CT molecular complexity index is 2980. The van der Waals surface area contributed by atoms with E-state index in [0.29, 0.717) is 0 Å². The van der Waals surface area contributed by atoms with Crippen molar-refractivity contribution in [3.63, 3.8) is 0 Å². The molecule has 7 aromatic carbocycles. The molecule has 2 nitrogen and oxygen atoms in total. The zero-order valence-corrected chi connectivity index (χ0v) is 33.1. The summed E-state index contributed by atoms with van der Waals surface area (Å²) in [6.07, 6.45) is 9.80. The first-order valence-corrected chi connectivity index (χ1v) is 20.0. The summed E-state index contributed by atoms with van der Waals surface area (Å²) >= 11 is 0. The van der Waals surface area contributed by atoms with E-state index < -0.39 is 0 Å². The summed E-state index contributed by atoms with van der Waals surface area (Å²) in [6.45, 7) is 13.2. The van der Waals surface area contributed by atoms with Gasteiger partial charge in [0.2, 0.25) is 0 Å². The number of allylic oxidation sites excluding steroid dienone is 6. The third-order valence-corrected chi connectivity index (χ3v) is 11.7. The summed E-state index contributed by atoms with van der Waals surface area (Å²) in [6, 6.07) is 54.6. The molecular formula is C55H46N2. The van der Waals surface area contributed by atoms with Gasteiger partial charge in [-0.25, -0.2) is 0 Å². The van der Waals surface area contributed by atoms with E-state index in [4.69, 9.17) is 11.6 Å². The third-order valence-electron chi connectivity index (χ3n) is 11.7. The number of aliphatic imine (C=N–C) groups is 1. The van der Waals surface area contributed by atoms with Gasteiger partial charge in [-0.05, 0) is 120 Å². The SMILES string of the molecule is C=C(C1=C(N=CC)c2cccc3cccc1c23)C1C=CC(n2c3ccccc3c3cc(-c4ccc(C)c(-c5ccccc5C)c4)ccc32)=CC1.Cc1ccccc1. The molecule has 0 saturated heterocycles. The van der Waals surface area contributed by atoms with Crippen molar-refractivity contribution in [2.24, 2.45) is 10.9 Å². The second kappa shape index (κ2) is 15.0. The number of aryl methyl sites for hydroxylation is 3. The van der Waals surface area contributed by atoms with E-state index in [-0.39, 0.29) is 5.92 Å². The van der Waals surface area contributed by atoms with Gasteiger partial charge in [0.05, 0.1) is 16.7 Å². The molecule has 0 aliphatic heterocycles. The zero-order valence-electron chi connectivity index (χ0n) is 33.1. The third kappa shape index (κ3) is 6.48. The normalized spacial score (nSPS) is 14.7. The lowest BCUT2D eigenvalue weighted by Gasteiger charge is -2.22. The number of fused-ring (bicyclic) bond motifs is 3. The molecule has 276 valence electrons. The van der Waals surface area contributed by atoms with Crippen molar-refractivity contribution >= 4 is 55.8 Å². The number of benzene rings is 7. The maximum absolute atomic E-state index is 4.89. The lowest BCUT2D eigenvalue weighted by molar-refractivity contribution is 0.792. The second-order valence-electron chi connectivity index (χ2n) is 15.3. The minimum absolute atomic E-state index is 0.184. The first-order valence-electron chi connectivity index (χ1n) is 20.0. The summed E-state index contributed by atoms with van der Waals surface area (Å²) < 4.78 is 2.43. The number of para-hydroxylation sites is 1. The molecule has 1 unspecified atom stereocenters. The predicted octanol–water partition coefficient (Wildman–Crippen LogP) is 14.8. The van der Waals surface area contributed by atoms with E-state index >= 15 is 0 Å². The fraction of sp³-hybridized carbons (Fsp3) is 0.109. The Balaban J connectivity index is 0.000000548. The summed E-state index contributed by atoms with van der Waals surface area (Å²) in [4.78, 5) is 4.89. The fourth-order valence-electron chi connectivity index (χ4n) is 8.75. The Morgan fingerprint density at radius 1 is 0.632 bits per heavy atom. The Hall–Kier alpha value is -6.77. The molecule has 0 bridgehead atoms. The van der Waals surface area contributed by atoms with Crippen LogP contribution in [0.5, 0.6) is 0 Å². The largest absolute Gasteiger partial charge is 0.310 e. The molecule has 1 aromatic heterocycles. The zero-order chi connectivity index (χ0) is 39.0. The first-order chi connectivity index (χ1) is 27.9. The van der Waals surface area contributed by atoms with Gasteiger partial charge in [0, 0.05) is 39.7 Å². The highest BCUT2D eigenvalue weighted by Crippen LogP contribution is 2.48. The Morgan fingerprint density at radius 2 is 1.30 bits per heavy atom. The highest BCUT2D eigenvalue weighted by Gasteiger charge is 2.28. The van der Waals surface area contributed by atoms with Crippen molar-refractivity contribution < 1.29 is 0 Å². The number of nitrogens with zero attached hydrogens (tertiary/aromatic N) is 2. The Morgan fingerprint density at radius 3 is 2.04 bits per heavy atom. The van der Waals surface area contributed by atoms with Crippen LogP contribution < -0.4 is 0 Å². The van der Waals surface area contributed by atoms with Crippen LogP contribution >= 0.6 is 0 Å². The van der Waals surface area contributed by atoms with Gasteiger partial charge in [-0.2, -0.15) is 0 Å². The van der Waals surface area contributed by atoms with Gasteiger partial charge in [-0.3, -0.25) is 4.99 Å². The Labute approximate surface area is 336 Å². The highest BCUT2D eigenvalue weighted by atomic mass is 15.0. The fourth-order valence-corrected chi connectivity index (χ4v) is 8.75. The number of aromatic nitrogens is 1. The molecule has 2 aliphatic rings. The highest BCUT2D eigenvalue weighted by molar-refractivity contribution is 6.17. The minimum Gasteiger partial charge on any atom is -0.310 e. The standard InChI is InChI=1S/C48H38N2.C7H8/c1-5-49-48-41-18-11-14-34-13-10-17-40(47(34)41)46(48)32(4)33-22-25-37(26-23-33)50-44-19-9-8-16-39(44)43-29-36(24-27-45(43)50)35-21-20-31(3)42(28-35)38-15-7-6-12-30(38)2;1-7-5-3-2-4-6-7/h5-22,24-29,33H,4,23H2,1-3H3;2-6H,1H3. The minimum atomic E-state index is 0.184. The molecule has 0 radical (unpaired) electrons. The molecule has 0 saturated carbocycles. The van der Waals surface area contributed by atoms with E-state index in [1.165, 1.54) is 93.9 Å². The van der Waals surface area contributed by atoms with Gasteiger partial charge in [0.25, 0.3) is 0 Å². The molecule has 0 fully saturated rings. The molecule has 57 heavy (non-hydrogen) atoms. The molecule has 0 N–H and O–H groups in total. The first kappa shape index (κ1) is 35.9. The van der Waals surface area contributed by atoms with Crippen molar-refractivity contribution in [2.45, 2.75) is 34.1 Å². The topological polar surface area (TPSA) is 17.3 Å². The summed E-state index contributed by atoms with van der Waals surface area (Å²) in [5.41, 5.74) is 18.4. The van der Waals surface area contributed by atoms with Gasteiger partial charge in [-0.15, -0.1) is 0 Å². The average molecular weight is 735 g/mol. The molecule has 0 spiro atoms. The summed E-state index contributed by atoms with van der Waals surface area (Å²) in [5, 5.41) is 5.06. The van der Waals surface area contributed by atoms with E-state index in [1.54, 1.807) is 0 Å². The van der Waals surface area contributed by atoms with Crippen LogP contribution in [0.25, 0.3) is 71.8 Å². The van der Waals surface area contributed by atoms with Crippen LogP contribution in [0.1, 0.15) is 41.2 Å². The lowest BCUT2D eigenvalue weighted by atomic mass is 9.85. The Kier molecular flexibility index (Phi) is 9.48. The molecule has 2 heteroatoms. The maximum Gasteiger partial charge on any atom is 0.0785 e. The number of hydrogen-bond donors (Lipinski definition) is 0. The average Bonchev–Trinajstić information content (AvgIpc) is 3.75. The molecule has 2 aliphatic carbocycles. The van der Waals surface area contributed by atoms with Crippen molar-refractivity contribution in [1.82, 2.24) is 4.57 Å². The van der Waals surface area contributed by atoms with Crippen LogP contribution in [0.2, 0.25) is 0 Å². The monoisotopic (exact) mass is 734 g/mol. The van der Waals surface area contributed by atoms with Gasteiger partial charge in [-0.1, -0.05) is 152 Å². The van der Waals surface area contributed by atoms with E-state index in [0.717, 1.165) is 17.7 Å². The smallest absolute Gasteiger partial charge is 0.0785 e. The predicted molar refractivity (Wildman–Crippen MR) is 247 cm³/mol. The van der Waals surface area contributed by atoms with Crippen LogP contribution in [0.15, 0.2) is 187 Å². The van der Waals surface area contributed by atoms with Crippen LogP contribution in [0.4, 0.5) is 0 Å². The van der Waals surface area contributed by atoms with Crippen LogP contribution in [0.3, 0.4) is 0 Å². The maximum atomic E-state index is 4.89. The van der Waals surface area contributed by atoms with Gasteiger partial charge in [0.1, 0.15) is 0 Å². The van der Waals surface area contributed by atoms with Crippen molar-refractivity contribution in [2.75, 3.05) is 0 Å². The van der Waals surface area contributed by atoms with E-state index in [9.17, 15) is 0 Å². The van der Waals surface area contributed by atoms with E-state index in [2.05, 4.69) is 177 Å². The second-order valence-corrected chi connectivity index (χ2v) is 15.3. The van der Waals surface area contributed by atoms with E-state index in [1.807, 2.05) is 31.3 Å². The molecular weight excluding hydrogens is 689 g/mol. The summed E-state index contributed by atoms with van der Waals surface area (Å²) in [5.74, 6) is 0.184. The van der Waals surface area contributed by atoms with Crippen LogP contribution in [0, 0.1) is 26.7 Å². The van der Waals surface area contributed by atoms with Crippen molar-refractivity contribution in [3.8, 4) is 22.3 Å². The van der Waals surface area contributed by atoms with Crippen LogP contribution in [-0.4, -0.2) is 10.8 Å². The van der Waals surface area contributed by atoms with Crippen molar-refractivity contribution in [1.29, 1.82) is 0 Å². The van der Waals surface area contributed by atoms with Gasteiger partial charge in [0.15, 0.2) is 0 Å². The molecule has 8 aromatic rings. The van der Waals surface area contributed by atoms with Crippen molar-refractivity contribution in [3.05, 3.63) is 210 Å². The number of hydrogen-bond acceptors (Lipinski definition) is 1. The van der Waals surface area contributed by atoms with Crippen LogP contribution in [-0.2, 0) is 0 Å². The molecule has 1 atom stereocenters. The quantitative estimate of drug-likeness (QED) is 0.151. The summed E-state index contributed by atoms with van der Waals surface area (Å²) in [7, 11) is 0. The molecule has 0 amide bonds.